The van der Waals surface area contributed by atoms with Crippen LogP contribution in [0.15, 0.2) is 140 Å². The number of para-hydroxylation sites is 2. The molecule has 3 aromatic heterocycles. The smallest absolute Gasteiger partial charge is 0.0565 e. The van der Waals surface area contributed by atoms with Gasteiger partial charge in [0.1, 0.15) is 0 Å². The van der Waals surface area contributed by atoms with Crippen molar-refractivity contribution in [1.82, 2.24) is 14.5 Å². The van der Waals surface area contributed by atoms with E-state index in [0.717, 1.165) is 11.0 Å². The van der Waals surface area contributed by atoms with Crippen molar-refractivity contribution in [2.45, 2.75) is 0 Å². The highest BCUT2D eigenvalue weighted by molar-refractivity contribution is 6.27. The highest BCUT2D eigenvalue weighted by atomic mass is 15.0. The lowest BCUT2D eigenvalue weighted by Crippen LogP contribution is -1.93. The summed E-state index contributed by atoms with van der Waals surface area (Å²) in [6.45, 7) is 0. The number of nitrogens with zero attached hydrogens (tertiary/aromatic N) is 1. The SMILES string of the molecule is c1ccc(-c2ccc3[nH]c4c(ccc5ccc6c7cc(-n8c9ccccc9c9ccccc98)ccc7[nH]c6c54)c3c2)cc1. The van der Waals surface area contributed by atoms with Gasteiger partial charge in [-0.15, -0.1) is 0 Å². The van der Waals surface area contributed by atoms with Crippen LogP contribution in [0.5, 0.6) is 0 Å². The minimum absolute atomic E-state index is 1.14. The molecule has 0 aliphatic carbocycles. The molecule has 3 heterocycles. The van der Waals surface area contributed by atoms with Gasteiger partial charge in [0.25, 0.3) is 0 Å². The van der Waals surface area contributed by atoms with Crippen LogP contribution >= 0.6 is 0 Å². The van der Waals surface area contributed by atoms with Crippen molar-refractivity contribution >= 4 is 76.2 Å². The van der Waals surface area contributed by atoms with E-state index in [4.69, 9.17) is 0 Å². The summed E-state index contributed by atoms with van der Waals surface area (Å²) < 4.78 is 2.39. The van der Waals surface area contributed by atoms with Crippen LogP contribution in [0.4, 0.5) is 0 Å². The number of hydrogen-bond donors (Lipinski definition) is 2. The van der Waals surface area contributed by atoms with Crippen LogP contribution in [0.1, 0.15) is 0 Å². The largest absolute Gasteiger partial charge is 0.354 e. The maximum absolute atomic E-state index is 3.81. The summed E-state index contributed by atoms with van der Waals surface area (Å²) in [7, 11) is 0. The fourth-order valence-corrected chi connectivity index (χ4v) is 7.29. The fourth-order valence-electron chi connectivity index (χ4n) is 7.29. The van der Waals surface area contributed by atoms with Crippen LogP contribution in [0.25, 0.3) is 93.0 Å². The number of aromatic amines is 2. The lowest BCUT2D eigenvalue weighted by Gasteiger charge is -2.08. The molecule has 0 fully saturated rings. The van der Waals surface area contributed by atoms with Gasteiger partial charge in [0.2, 0.25) is 0 Å². The fraction of sp³-hybridized carbons (Fsp3) is 0. The van der Waals surface area contributed by atoms with Crippen LogP contribution in [-0.2, 0) is 0 Å². The van der Waals surface area contributed by atoms with Crippen molar-refractivity contribution in [3.05, 3.63) is 140 Å². The van der Waals surface area contributed by atoms with E-state index in [1.807, 2.05) is 0 Å². The average molecular weight is 548 g/mol. The van der Waals surface area contributed by atoms with Crippen molar-refractivity contribution in [2.75, 3.05) is 0 Å². The highest BCUT2D eigenvalue weighted by Crippen LogP contribution is 2.40. The Morgan fingerprint density at radius 1 is 0.395 bits per heavy atom. The zero-order valence-electron chi connectivity index (χ0n) is 23.2. The van der Waals surface area contributed by atoms with E-state index in [1.165, 1.54) is 82.0 Å². The van der Waals surface area contributed by atoms with Gasteiger partial charge in [0.05, 0.1) is 22.1 Å². The number of benzene rings is 7. The van der Waals surface area contributed by atoms with E-state index in [9.17, 15) is 0 Å². The highest BCUT2D eigenvalue weighted by Gasteiger charge is 2.16. The molecule has 10 rings (SSSR count). The van der Waals surface area contributed by atoms with Crippen molar-refractivity contribution in [2.24, 2.45) is 0 Å². The standard InChI is InChI=1S/C40H25N3/c1-2-8-24(9-3-1)26-16-20-34-32(22-26)30-18-14-25-15-19-31-33-23-27(17-21-35(33)42-40(31)38(25)39(30)41-34)43-36-12-6-4-10-28(36)29-11-5-7-13-37(29)43/h1-23,41-42H. The predicted molar refractivity (Wildman–Crippen MR) is 182 cm³/mol. The molecule has 10 aromatic rings. The first-order valence-electron chi connectivity index (χ1n) is 14.8. The van der Waals surface area contributed by atoms with E-state index in [1.54, 1.807) is 0 Å². The third-order valence-corrected chi connectivity index (χ3v) is 9.25. The number of rotatable bonds is 2. The zero-order chi connectivity index (χ0) is 28.1. The minimum atomic E-state index is 1.14. The number of hydrogen-bond acceptors (Lipinski definition) is 0. The molecule has 0 spiro atoms. The second kappa shape index (κ2) is 8.37. The molecule has 0 aliphatic heterocycles. The van der Waals surface area contributed by atoms with E-state index >= 15 is 0 Å². The van der Waals surface area contributed by atoms with Gasteiger partial charge in [0, 0.05) is 54.4 Å². The number of H-pyrrole nitrogens is 2. The summed E-state index contributed by atoms with van der Waals surface area (Å²) in [6, 6.07) is 50.6. The second-order valence-corrected chi connectivity index (χ2v) is 11.6. The van der Waals surface area contributed by atoms with Gasteiger partial charge in [-0.3, -0.25) is 0 Å². The summed E-state index contributed by atoms with van der Waals surface area (Å²) in [6.07, 6.45) is 0. The molecule has 0 saturated heterocycles. The van der Waals surface area contributed by atoms with E-state index in [2.05, 4.69) is 154 Å². The van der Waals surface area contributed by atoms with Crippen LogP contribution in [-0.4, -0.2) is 14.5 Å². The average Bonchev–Trinajstić information content (AvgIpc) is 3.74. The van der Waals surface area contributed by atoms with Crippen molar-refractivity contribution in [3.8, 4) is 16.8 Å². The number of aromatic nitrogens is 3. The van der Waals surface area contributed by atoms with Crippen molar-refractivity contribution < 1.29 is 0 Å². The van der Waals surface area contributed by atoms with Crippen LogP contribution in [0.3, 0.4) is 0 Å². The van der Waals surface area contributed by atoms with Gasteiger partial charge in [-0.1, -0.05) is 97.1 Å². The van der Waals surface area contributed by atoms with E-state index in [-0.39, 0.29) is 0 Å². The molecule has 3 nitrogen and oxygen atoms in total. The topological polar surface area (TPSA) is 36.5 Å². The van der Waals surface area contributed by atoms with Crippen LogP contribution in [0, 0.1) is 0 Å². The van der Waals surface area contributed by atoms with Gasteiger partial charge < -0.3 is 14.5 Å². The molecule has 0 bridgehead atoms. The Hall–Kier alpha value is -5.80. The first-order chi connectivity index (χ1) is 21.3. The third-order valence-electron chi connectivity index (χ3n) is 9.25. The molecule has 3 heteroatoms. The molecule has 7 aromatic carbocycles. The first kappa shape index (κ1) is 22.8. The van der Waals surface area contributed by atoms with E-state index in [0.29, 0.717) is 0 Å². The Bertz CT molecular complexity index is 2670. The molecular formula is C40H25N3. The van der Waals surface area contributed by atoms with Gasteiger partial charge in [-0.05, 0) is 59.0 Å². The normalized spacial score (nSPS) is 12.2. The molecule has 0 saturated carbocycles. The van der Waals surface area contributed by atoms with Gasteiger partial charge >= 0.3 is 0 Å². The van der Waals surface area contributed by atoms with Gasteiger partial charge in [0.15, 0.2) is 0 Å². The minimum Gasteiger partial charge on any atom is -0.354 e. The molecule has 0 atom stereocenters. The molecule has 0 radical (unpaired) electrons. The van der Waals surface area contributed by atoms with Crippen LogP contribution < -0.4 is 0 Å². The van der Waals surface area contributed by atoms with Crippen molar-refractivity contribution in [1.29, 1.82) is 0 Å². The second-order valence-electron chi connectivity index (χ2n) is 11.6. The quantitative estimate of drug-likeness (QED) is 0.216. The predicted octanol–water partition coefficient (Wildman–Crippen LogP) is 10.9. The summed E-state index contributed by atoms with van der Waals surface area (Å²) >= 11 is 0. The van der Waals surface area contributed by atoms with Crippen LogP contribution in [0.2, 0.25) is 0 Å². The third kappa shape index (κ3) is 3.14. The molecule has 0 aliphatic rings. The Labute approximate surface area is 246 Å². The van der Waals surface area contributed by atoms with Crippen molar-refractivity contribution in [3.63, 3.8) is 0 Å². The Morgan fingerprint density at radius 2 is 0.977 bits per heavy atom. The van der Waals surface area contributed by atoms with Gasteiger partial charge in [-0.25, -0.2) is 0 Å². The summed E-state index contributed by atoms with van der Waals surface area (Å²) in [5, 5.41) is 9.99. The molecular weight excluding hydrogens is 522 g/mol. The molecule has 2 N–H and O–H groups in total. The monoisotopic (exact) mass is 547 g/mol. The van der Waals surface area contributed by atoms with E-state index < -0.39 is 0 Å². The number of nitrogens with one attached hydrogen (secondary N) is 2. The molecule has 0 unspecified atom stereocenters. The maximum Gasteiger partial charge on any atom is 0.0565 e. The maximum atomic E-state index is 3.81. The molecule has 200 valence electrons. The Balaban J connectivity index is 1.24. The molecule has 0 amide bonds. The summed E-state index contributed by atoms with van der Waals surface area (Å²) in [5.74, 6) is 0. The summed E-state index contributed by atoms with van der Waals surface area (Å²) in [4.78, 5) is 7.60. The molecule has 43 heavy (non-hydrogen) atoms. The Morgan fingerprint density at radius 3 is 1.65 bits per heavy atom. The number of fused-ring (bicyclic) bond motifs is 12. The lowest BCUT2D eigenvalue weighted by atomic mass is 10.0. The van der Waals surface area contributed by atoms with Gasteiger partial charge in [-0.2, -0.15) is 0 Å². The summed E-state index contributed by atoms with van der Waals surface area (Å²) in [5.41, 5.74) is 10.7. The lowest BCUT2D eigenvalue weighted by molar-refractivity contribution is 1.19. The first-order valence-corrected chi connectivity index (χ1v) is 14.8. The Kier molecular flexibility index (Phi) is 4.45. The zero-order valence-corrected chi connectivity index (χ0v) is 23.2.